The summed E-state index contributed by atoms with van der Waals surface area (Å²) in [6.07, 6.45) is 2.07. The largest absolute Gasteiger partial charge is 0.391 e. The van der Waals surface area contributed by atoms with Gasteiger partial charge in [0.2, 0.25) is 0 Å². The Kier molecular flexibility index (Phi) is 6.53. The van der Waals surface area contributed by atoms with Gasteiger partial charge < -0.3 is 10.0 Å². The zero-order chi connectivity index (χ0) is 23.5. The van der Waals surface area contributed by atoms with E-state index in [9.17, 15) is 19.6 Å². The maximum atomic E-state index is 13.8. The highest BCUT2D eigenvalue weighted by Gasteiger charge is 2.49. The Labute approximate surface area is 191 Å². The second kappa shape index (κ2) is 9.52. The van der Waals surface area contributed by atoms with E-state index in [1.807, 2.05) is 19.1 Å². The summed E-state index contributed by atoms with van der Waals surface area (Å²) in [5.41, 5.74) is 11.8. The van der Waals surface area contributed by atoms with Gasteiger partial charge in [0.15, 0.2) is 0 Å². The number of carbonyl (C=O) groups is 2. The van der Waals surface area contributed by atoms with Gasteiger partial charge in [-0.15, -0.1) is 4.91 Å². The van der Waals surface area contributed by atoms with E-state index < -0.39 is 30.0 Å². The third-order valence-electron chi connectivity index (χ3n) is 6.70. The normalized spacial score (nSPS) is 24.5. The number of fused-ring (bicyclic) bond motifs is 1. The third-order valence-corrected chi connectivity index (χ3v) is 6.70. The van der Waals surface area contributed by atoms with E-state index in [0.717, 1.165) is 18.4 Å². The fourth-order valence-corrected chi connectivity index (χ4v) is 5.25. The SMILES string of the molecule is Cc1ccc(C2C(C(=O)N=O)c3ccccc3C(=O)N2C2CCCCC2O)c(CN=[N+]=[N-])c1. The predicted octanol–water partition coefficient (Wildman–Crippen LogP) is 4.68. The number of carbonyl (C=O) groups excluding carboxylic acids is 2. The third kappa shape index (κ3) is 4.13. The van der Waals surface area contributed by atoms with Crippen LogP contribution in [0.1, 0.15) is 70.3 Å². The van der Waals surface area contributed by atoms with Crippen molar-refractivity contribution in [2.24, 2.45) is 10.3 Å². The smallest absolute Gasteiger partial charge is 0.296 e. The van der Waals surface area contributed by atoms with Gasteiger partial charge in [-0.2, -0.15) is 0 Å². The summed E-state index contributed by atoms with van der Waals surface area (Å²) in [6, 6.07) is 10.9. The van der Waals surface area contributed by atoms with Crippen LogP contribution in [0.3, 0.4) is 0 Å². The lowest BCUT2D eigenvalue weighted by Crippen LogP contribution is -2.54. The maximum Gasteiger partial charge on any atom is 0.296 e. The average molecular weight is 447 g/mol. The number of benzene rings is 2. The van der Waals surface area contributed by atoms with Crippen molar-refractivity contribution in [1.82, 2.24) is 4.90 Å². The van der Waals surface area contributed by atoms with Crippen molar-refractivity contribution in [3.8, 4) is 0 Å². The fraction of sp³-hybridized carbons (Fsp3) is 0.417. The standard InChI is InChI=1S/C24H25N5O4/c1-14-10-11-16(15(12-14)13-26-28-25)22-21(23(31)27-33)17-6-2-3-7-18(17)24(32)29(22)19-8-4-5-9-20(19)30/h2-3,6-7,10-12,19-22,30H,4-5,8-9,13H2,1H3. The van der Waals surface area contributed by atoms with Crippen LogP contribution in [0.4, 0.5) is 0 Å². The topological polar surface area (TPSA) is 136 Å². The zero-order valence-corrected chi connectivity index (χ0v) is 18.3. The Morgan fingerprint density at radius 3 is 2.67 bits per heavy atom. The van der Waals surface area contributed by atoms with Crippen LogP contribution < -0.4 is 0 Å². The lowest BCUT2D eigenvalue weighted by molar-refractivity contribution is -0.121. The molecule has 0 radical (unpaired) electrons. The molecule has 1 aliphatic heterocycles. The van der Waals surface area contributed by atoms with Crippen molar-refractivity contribution in [2.75, 3.05) is 0 Å². The van der Waals surface area contributed by atoms with E-state index in [1.165, 1.54) is 0 Å². The molecule has 2 amide bonds. The van der Waals surface area contributed by atoms with Crippen molar-refractivity contribution in [2.45, 2.75) is 63.3 Å². The van der Waals surface area contributed by atoms with E-state index in [2.05, 4.69) is 15.2 Å². The first-order valence-electron chi connectivity index (χ1n) is 11.0. The highest BCUT2D eigenvalue weighted by molar-refractivity contribution is 6.01. The molecule has 0 aromatic heterocycles. The second-order valence-electron chi connectivity index (χ2n) is 8.66. The van der Waals surface area contributed by atoms with Crippen molar-refractivity contribution in [3.05, 3.63) is 85.6 Å². The predicted molar refractivity (Wildman–Crippen MR) is 121 cm³/mol. The van der Waals surface area contributed by atoms with Gasteiger partial charge in [-0.1, -0.05) is 59.9 Å². The number of hydrogen-bond donors (Lipinski definition) is 1. The van der Waals surface area contributed by atoms with Crippen LogP contribution in [0.15, 0.2) is 52.8 Å². The minimum atomic E-state index is -1.03. The summed E-state index contributed by atoms with van der Waals surface area (Å²) >= 11 is 0. The molecule has 2 aromatic carbocycles. The van der Waals surface area contributed by atoms with Crippen molar-refractivity contribution in [1.29, 1.82) is 0 Å². The number of aliphatic hydroxyl groups is 1. The quantitative estimate of drug-likeness (QED) is 0.308. The molecule has 9 heteroatoms. The minimum Gasteiger partial charge on any atom is -0.391 e. The highest BCUT2D eigenvalue weighted by atomic mass is 16.3. The molecule has 1 heterocycles. The molecular weight excluding hydrogens is 422 g/mol. The number of azide groups is 1. The van der Waals surface area contributed by atoms with Crippen LogP contribution in [-0.4, -0.2) is 34.0 Å². The number of aryl methyl sites for hydroxylation is 1. The first-order chi connectivity index (χ1) is 16.0. The minimum absolute atomic E-state index is 0.0241. The molecule has 1 N–H and O–H groups in total. The van der Waals surface area contributed by atoms with Crippen LogP contribution >= 0.6 is 0 Å². The number of rotatable bonds is 5. The van der Waals surface area contributed by atoms with E-state index in [1.54, 1.807) is 35.2 Å². The van der Waals surface area contributed by atoms with E-state index >= 15 is 0 Å². The highest BCUT2D eigenvalue weighted by Crippen LogP contribution is 2.47. The fourth-order valence-electron chi connectivity index (χ4n) is 5.25. The molecule has 1 fully saturated rings. The first kappa shape index (κ1) is 22.6. The molecule has 0 saturated heterocycles. The molecule has 9 nitrogen and oxygen atoms in total. The molecule has 2 aromatic rings. The number of hydrogen-bond acceptors (Lipinski definition) is 5. The molecule has 170 valence electrons. The summed E-state index contributed by atoms with van der Waals surface area (Å²) in [6.45, 7) is 1.92. The lowest BCUT2D eigenvalue weighted by Gasteiger charge is -2.48. The van der Waals surface area contributed by atoms with Crippen molar-refractivity contribution >= 4 is 11.8 Å². The Morgan fingerprint density at radius 1 is 1.18 bits per heavy atom. The van der Waals surface area contributed by atoms with Gasteiger partial charge in [0.05, 0.1) is 30.7 Å². The van der Waals surface area contributed by atoms with Gasteiger partial charge in [-0.25, -0.2) is 0 Å². The number of nitrogens with zero attached hydrogens (tertiary/aromatic N) is 5. The Morgan fingerprint density at radius 2 is 1.94 bits per heavy atom. The van der Waals surface area contributed by atoms with Crippen molar-refractivity contribution < 1.29 is 14.7 Å². The number of aliphatic hydroxyl groups excluding tert-OH is 1. The summed E-state index contributed by atoms with van der Waals surface area (Å²) in [4.78, 5) is 42.7. The van der Waals surface area contributed by atoms with Gasteiger partial charge in [0.1, 0.15) is 0 Å². The van der Waals surface area contributed by atoms with Gasteiger partial charge in [-0.05, 0) is 48.1 Å². The van der Waals surface area contributed by atoms with E-state index in [4.69, 9.17) is 5.53 Å². The summed E-state index contributed by atoms with van der Waals surface area (Å²) in [7, 11) is 0. The molecule has 2 aliphatic rings. The summed E-state index contributed by atoms with van der Waals surface area (Å²) in [5, 5.41) is 17.3. The van der Waals surface area contributed by atoms with Gasteiger partial charge >= 0.3 is 0 Å². The summed E-state index contributed by atoms with van der Waals surface area (Å²) < 4.78 is 0. The molecular formula is C24H25N5O4. The molecule has 1 aliphatic carbocycles. The monoisotopic (exact) mass is 447 g/mol. The van der Waals surface area contributed by atoms with Crippen LogP contribution in [0.5, 0.6) is 0 Å². The maximum absolute atomic E-state index is 13.8. The average Bonchev–Trinajstić information content (AvgIpc) is 2.83. The molecule has 4 unspecified atom stereocenters. The lowest BCUT2D eigenvalue weighted by atomic mass is 9.75. The molecule has 0 spiro atoms. The molecule has 33 heavy (non-hydrogen) atoms. The Bertz CT molecular complexity index is 1140. The number of nitroso groups, excluding NO2 is 1. The molecule has 4 atom stereocenters. The molecule has 0 bridgehead atoms. The second-order valence-corrected chi connectivity index (χ2v) is 8.66. The number of amides is 2. The van der Waals surface area contributed by atoms with Crippen molar-refractivity contribution in [3.63, 3.8) is 0 Å². The van der Waals surface area contributed by atoms with Gasteiger partial charge in [0.25, 0.3) is 11.8 Å². The van der Waals surface area contributed by atoms with Gasteiger partial charge in [0, 0.05) is 15.7 Å². The Balaban J connectivity index is 1.98. The van der Waals surface area contributed by atoms with Crippen LogP contribution in [0, 0.1) is 11.8 Å². The molecule has 1 saturated carbocycles. The first-order valence-corrected chi connectivity index (χ1v) is 11.0. The Hall–Kier alpha value is -3.55. The summed E-state index contributed by atoms with van der Waals surface area (Å²) in [5.74, 6) is -2.21. The van der Waals surface area contributed by atoms with Gasteiger partial charge in [-0.3, -0.25) is 9.59 Å². The van der Waals surface area contributed by atoms with Crippen LogP contribution in [-0.2, 0) is 11.3 Å². The molecule has 4 rings (SSSR count). The van der Waals surface area contributed by atoms with E-state index in [0.29, 0.717) is 35.1 Å². The van der Waals surface area contributed by atoms with Crippen LogP contribution in [0.25, 0.3) is 10.4 Å². The van der Waals surface area contributed by atoms with E-state index in [-0.39, 0.29) is 12.5 Å². The van der Waals surface area contributed by atoms with Crippen LogP contribution in [0.2, 0.25) is 0 Å². The zero-order valence-electron chi connectivity index (χ0n) is 18.3.